The van der Waals surface area contributed by atoms with Crippen LogP contribution in [0, 0.1) is 0 Å². The van der Waals surface area contributed by atoms with Crippen molar-refractivity contribution >= 4 is 22.5 Å². The molecule has 0 saturated carbocycles. The molecule has 2 nitrogen and oxygen atoms in total. The van der Waals surface area contributed by atoms with E-state index in [1.807, 2.05) is 12.3 Å². The first kappa shape index (κ1) is 12.6. The van der Waals surface area contributed by atoms with Gasteiger partial charge in [-0.15, -0.1) is 11.6 Å². The highest BCUT2D eigenvalue weighted by atomic mass is 35.5. The standard InChI is InChI=1S/C17H19ClN2/c18-14-9-15-4-5-16(10-14)20(15)11-12-3-6-17-13(8-12)2-1-7-19-17/h1-3,6-8,14-16H,4-5,9-11H2. The van der Waals surface area contributed by atoms with Crippen LogP contribution in [0.2, 0.25) is 0 Å². The normalized spacial score (nSPS) is 29.9. The SMILES string of the molecule is ClC1CC2CCC(C1)N2Cc1ccc2ncccc2c1. The summed E-state index contributed by atoms with van der Waals surface area (Å²) in [6, 6.07) is 12.2. The highest BCUT2D eigenvalue weighted by Crippen LogP contribution is 2.38. The zero-order valence-corrected chi connectivity index (χ0v) is 12.3. The van der Waals surface area contributed by atoms with Crippen LogP contribution in [-0.2, 0) is 6.54 Å². The number of benzene rings is 1. The Morgan fingerprint density at radius 3 is 2.75 bits per heavy atom. The second-order valence-electron chi connectivity index (χ2n) is 6.16. The monoisotopic (exact) mass is 286 g/mol. The minimum Gasteiger partial charge on any atom is -0.293 e. The lowest BCUT2D eigenvalue weighted by Gasteiger charge is -2.37. The van der Waals surface area contributed by atoms with Gasteiger partial charge in [0.1, 0.15) is 0 Å². The van der Waals surface area contributed by atoms with E-state index in [1.165, 1.54) is 23.8 Å². The number of hydrogen-bond donors (Lipinski definition) is 0. The van der Waals surface area contributed by atoms with Gasteiger partial charge in [-0.1, -0.05) is 12.1 Å². The molecule has 2 aliphatic rings. The minimum absolute atomic E-state index is 0.393. The van der Waals surface area contributed by atoms with Gasteiger partial charge in [0.05, 0.1) is 5.52 Å². The summed E-state index contributed by atoms with van der Waals surface area (Å²) in [7, 11) is 0. The lowest BCUT2D eigenvalue weighted by atomic mass is 10.0. The maximum absolute atomic E-state index is 6.36. The highest BCUT2D eigenvalue weighted by Gasteiger charge is 2.39. The lowest BCUT2D eigenvalue weighted by molar-refractivity contribution is 0.134. The zero-order chi connectivity index (χ0) is 13.5. The number of hydrogen-bond acceptors (Lipinski definition) is 2. The molecule has 2 aliphatic heterocycles. The second-order valence-corrected chi connectivity index (χ2v) is 6.77. The van der Waals surface area contributed by atoms with Crippen molar-refractivity contribution in [1.82, 2.24) is 9.88 Å². The summed E-state index contributed by atoms with van der Waals surface area (Å²) in [5, 5.41) is 1.63. The van der Waals surface area contributed by atoms with E-state index in [-0.39, 0.29) is 0 Å². The van der Waals surface area contributed by atoms with Crippen LogP contribution >= 0.6 is 11.6 Å². The van der Waals surface area contributed by atoms with Crippen LogP contribution in [0.4, 0.5) is 0 Å². The molecule has 0 N–H and O–H groups in total. The molecule has 1 aromatic heterocycles. The average Bonchev–Trinajstić information content (AvgIpc) is 2.70. The predicted molar refractivity (Wildman–Crippen MR) is 83.0 cm³/mol. The van der Waals surface area contributed by atoms with Gasteiger partial charge in [-0.3, -0.25) is 9.88 Å². The van der Waals surface area contributed by atoms with Crippen molar-refractivity contribution in [2.24, 2.45) is 0 Å². The Balaban J connectivity index is 1.58. The van der Waals surface area contributed by atoms with Gasteiger partial charge in [0.2, 0.25) is 0 Å². The molecular weight excluding hydrogens is 268 g/mol. The largest absolute Gasteiger partial charge is 0.293 e. The van der Waals surface area contributed by atoms with Crippen LogP contribution in [0.5, 0.6) is 0 Å². The Kier molecular flexibility index (Phi) is 3.16. The van der Waals surface area contributed by atoms with Crippen LogP contribution in [0.1, 0.15) is 31.2 Å². The molecule has 20 heavy (non-hydrogen) atoms. The number of aromatic nitrogens is 1. The number of rotatable bonds is 2. The first-order valence-electron chi connectivity index (χ1n) is 7.53. The van der Waals surface area contributed by atoms with E-state index in [4.69, 9.17) is 11.6 Å². The summed E-state index contributed by atoms with van der Waals surface area (Å²) in [5.41, 5.74) is 2.48. The maximum Gasteiger partial charge on any atom is 0.0702 e. The van der Waals surface area contributed by atoms with Crippen LogP contribution < -0.4 is 0 Å². The van der Waals surface area contributed by atoms with E-state index in [0.717, 1.165) is 24.9 Å². The van der Waals surface area contributed by atoms with Gasteiger partial charge < -0.3 is 0 Å². The smallest absolute Gasteiger partial charge is 0.0702 e. The van der Waals surface area contributed by atoms with E-state index in [0.29, 0.717) is 17.5 Å². The summed E-state index contributed by atoms with van der Waals surface area (Å²) >= 11 is 6.36. The average molecular weight is 287 g/mol. The maximum atomic E-state index is 6.36. The van der Waals surface area contributed by atoms with Gasteiger partial charge in [-0.2, -0.15) is 0 Å². The number of alkyl halides is 1. The van der Waals surface area contributed by atoms with Crippen molar-refractivity contribution in [3.8, 4) is 0 Å². The Bertz CT molecular complexity index is 613. The lowest BCUT2D eigenvalue weighted by Crippen LogP contribution is -2.42. The molecule has 2 aromatic rings. The van der Waals surface area contributed by atoms with Crippen LogP contribution in [0.25, 0.3) is 10.9 Å². The molecule has 4 rings (SSSR count). The third-order valence-electron chi connectivity index (χ3n) is 4.86. The van der Waals surface area contributed by atoms with Crippen molar-refractivity contribution in [2.75, 3.05) is 0 Å². The second kappa shape index (κ2) is 5.01. The van der Waals surface area contributed by atoms with Gasteiger partial charge in [0.25, 0.3) is 0 Å². The summed E-state index contributed by atoms with van der Waals surface area (Å²) < 4.78 is 0. The molecule has 0 aliphatic carbocycles. The molecule has 3 heteroatoms. The highest BCUT2D eigenvalue weighted by molar-refractivity contribution is 6.20. The van der Waals surface area contributed by atoms with Gasteiger partial charge >= 0.3 is 0 Å². The molecule has 1 aromatic carbocycles. The van der Waals surface area contributed by atoms with Gasteiger partial charge in [-0.05, 0) is 49.4 Å². The molecule has 0 amide bonds. The van der Waals surface area contributed by atoms with E-state index in [9.17, 15) is 0 Å². The summed E-state index contributed by atoms with van der Waals surface area (Å²) in [5.74, 6) is 0. The molecule has 2 saturated heterocycles. The molecule has 2 atom stereocenters. The van der Waals surface area contributed by atoms with E-state index >= 15 is 0 Å². The van der Waals surface area contributed by atoms with Gasteiger partial charge in [0, 0.05) is 35.6 Å². The van der Waals surface area contributed by atoms with Crippen molar-refractivity contribution < 1.29 is 0 Å². The molecule has 104 valence electrons. The predicted octanol–water partition coefficient (Wildman–Crippen LogP) is 3.97. The van der Waals surface area contributed by atoms with Crippen molar-refractivity contribution in [3.63, 3.8) is 0 Å². The third-order valence-corrected chi connectivity index (χ3v) is 5.22. The van der Waals surface area contributed by atoms with Gasteiger partial charge in [-0.25, -0.2) is 0 Å². The first-order valence-corrected chi connectivity index (χ1v) is 7.97. The molecule has 2 bridgehead atoms. The fourth-order valence-electron chi connectivity index (χ4n) is 3.90. The Morgan fingerprint density at radius 1 is 1.15 bits per heavy atom. The number of nitrogens with zero attached hydrogens (tertiary/aromatic N) is 2. The molecule has 2 unspecified atom stereocenters. The van der Waals surface area contributed by atoms with Gasteiger partial charge in [0.15, 0.2) is 0 Å². The minimum atomic E-state index is 0.393. The van der Waals surface area contributed by atoms with Crippen molar-refractivity contribution in [2.45, 2.75) is 49.7 Å². The number of fused-ring (bicyclic) bond motifs is 3. The van der Waals surface area contributed by atoms with Crippen LogP contribution in [-0.4, -0.2) is 27.3 Å². The molecule has 2 fully saturated rings. The van der Waals surface area contributed by atoms with E-state index in [1.54, 1.807) is 0 Å². The third kappa shape index (κ3) is 2.21. The number of pyridine rings is 1. The first-order chi connectivity index (χ1) is 9.79. The Morgan fingerprint density at radius 2 is 1.95 bits per heavy atom. The summed E-state index contributed by atoms with van der Waals surface area (Å²) in [4.78, 5) is 7.07. The van der Waals surface area contributed by atoms with E-state index < -0.39 is 0 Å². The summed E-state index contributed by atoms with van der Waals surface area (Å²) in [6.45, 7) is 1.06. The fourth-order valence-corrected chi connectivity index (χ4v) is 4.31. The van der Waals surface area contributed by atoms with E-state index in [2.05, 4.69) is 34.1 Å². The Labute approximate surface area is 124 Å². The summed E-state index contributed by atoms with van der Waals surface area (Å²) in [6.07, 6.45) is 6.82. The number of halogens is 1. The van der Waals surface area contributed by atoms with Crippen molar-refractivity contribution in [3.05, 3.63) is 42.1 Å². The van der Waals surface area contributed by atoms with Crippen LogP contribution in [0.3, 0.4) is 0 Å². The van der Waals surface area contributed by atoms with Crippen molar-refractivity contribution in [1.29, 1.82) is 0 Å². The topological polar surface area (TPSA) is 16.1 Å². The molecule has 3 heterocycles. The fraction of sp³-hybridized carbons (Fsp3) is 0.471. The molecule has 0 radical (unpaired) electrons. The zero-order valence-electron chi connectivity index (χ0n) is 11.5. The quantitative estimate of drug-likeness (QED) is 0.777. The molecular formula is C17H19ClN2. The Hall–Kier alpha value is -1.12. The molecule has 0 spiro atoms. The van der Waals surface area contributed by atoms with Crippen LogP contribution in [0.15, 0.2) is 36.5 Å². The number of piperidine rings is 1.